The van der Waals surface area contributed by atoms with Crippen molar-refractivity contribution in [1.29, 1.82) is 0 Å². The minimum absolute atomic E-state index is 0.262. The summed E-state index contributed by atoms with van der Waals surface area (Å²) in [4.78, 5) is 30.6. The van der Waals surface area contributed by atoms with Gasteiger partial charge in [0.15, 0.2) is 0 Å². The maximum atomic E-state index is 12.3. The fraction of sp³-hybridized carbons (Fsp3) is 0.375. The van der Waals surface area contributed by atoms with Crippen LogP contribution in [0.3, 0.4) is 0 Å². The highest BCUT2D eigenvalue weighted by Crippen LogP contribution is 2.29. The van der Waals surface area contributed by atoms with Gasteiger partial charge in [-0.3, -0.25) is 0 Å². The van der Waals surface area contributed by atoms with Crippen LogP contribution in [-0.2, 0) is 11.3 Å². The highest BCUT2D eigenvalue weighted by atomic mass is 16.6. The number of benzene rings is 1. The maximum Gasteiger partial charge on any atom is 0.410 e. The van der Waals surface area contributed by atoms with Crippen molar-refractivity contribution in [3.63, 3.8) is 0 Å². The molecule has 1 aromatic carbocycles. The first-order valence-electron chi connectivity index (χ1n) is 10.8. The van der Waals surface area contributed by atoms with Crippen LogP contribution in [0.2, 0.25) is 0 Å². The second kappa shape index (κ2) is 8.90. The summed E-state index contributed by atoms with van der Waals surface area (Å²) in [5.74, 6) is 0.267. The Morgan fingerprint density at radius 2 is 1.94 bits per heavy atom. The van der Waals surface area contributed by atoms with E-state index in [1.807, 2.05) is 74.0 Å². The molecule has 1 unspecified atom stereocenters. The zero-order valence-electron chi connectivity index (χ0n) is 18.7. The van der Waals surface area contributed by atoms with Gasteiger partial charge in [-0.2, -0.15) is 0 Å². The first-order valence-corrected chi connectivity index (χ1v) is 10.8. The molecule has 3 amide bonds. The molecule has 168 valence electrons. The van der Waals surface area contributed by atoms with E-state index in [1.54, 1.807) is 11.1 Å². The van der Waals surface area contributed by atoms with Crippen molar-refractivity contribution < 1.29 is 14.3 Å². The third-order valence-electron chi connectivity index (χ3n) is 5.40. The Morgan fingerprint density at radius 3 is 2.69 bits per heavy atom. The third kappa shape index (κ3) is 5.38. The number of imidazole rings is 1. The van der Waals surface area contributed by atoms with Gasteiger partial charge in [0.1, 0.15) is 11.2 Å². The molecule has 1 aliphatic rings. The fourth-order valence-electron chi connectivity index (χ4n) is 3.78. The summed E-state index contributed by atoms with van der Waals surface area (Å²) in [5.41, 5.74) is 3.20. The molecule has 3 heterocycles. The zero-order chi connectivity index (χ0) is 22.7. The first kappa shape index (κ1) is 21.7. The molecule has 3 aromatic rings. The number of nitrogens with one attached hydrogen (secondary N) is 2. The van der Waals surface area contributed by atoms with Crippen molar-refractivity contribution in [2.45, 2.75) is 45.3 Å². The Kier molecular flexibility index (Phi) is 6.03. The van der Waals surface area contributed by atoms with Crippen LogP contribution in [0.15, 0.2) is 55.0 Å². The number of fused-ring (bicyclic) bond motifs is 1. The standard InChI is InChI=1S/C24H29N5O3/c1-24(2,3)32-23(31)29-12-9-19(16-29)18-4-6-20(7-5-18)27-22(30)26-15-17-8-11-28-13-10-25-21(28)14-17/h4-8,10-11,13-14,19H,9,12,15-16H2,1-3H3,(H2,26,27,30). The van der Waals surface area contributed by atoms with Gasteiger partial charge in [-0.05, 0) is 62.6 Å². The van der Waals surface area contributed by atoms with Crippen LogP contribution in [0.1, 0.15) is 44.2 Å². The minimum Gasteiger partial charge on any atom is -0.444 e. The molecule has 1 saturated heterocycles. The predicted molar refractivity (Wildman–Crippen MR) is 123 cm³/mol. The molecule has 4 rings (SSSR count). The summed E-state index contributed by atoms with van der Waals surface area (Å²) in [6.45, 7) is 7.36. The molecule has 2 aromatic heterocycles. The Morgan fingerprint density at radius 1 is 1.16 bits per heavy atom. The highest BCUT2D eigenvalue weighted by molar-refractivity contribution is 5.89. The molecule has 32 heavy (non-hydrogen) atoms. The maximum absolute atomic E-state index is 12.3. The van der Waals surface area contributed by atoms with Crippen LogP contribution in [0.5, 0.6) is 0 Å². The van der Waals surface area contributed by atoms with Gasteiger partial charge in [0.25, 0.3) is 0 Å². The Labute approximate surface area is 187 Å². The van der Waals surface area contributed by atoms with Gasteiger partial charge < -0.3 is 24.7 Å². The van der Waals surface area contributed by atoms with Crippen molar-refractivity contribution in [1.82, 2.24) is 19.6 Å². The van der Waals surface area contributed by atoms with Gasteiger partial charge in [-0.1, -0.05) is 12.1 Å². The largest absolute Gasteiger partial charge is 0.444 e. The van der Waals surface area contributed by atoms with Crippen molar-refractivity contribution in [2.24, 2.45) is 0 Å². The van der Waals surface area contributed by atoms with Crippen LogP contribution in [0.25, 0.3) is 5.65 Å². The van der Waals surface area contributed by atoms with E-state index in [-0.39, 0.29) is 18.0 Å². The predicted octanol–water partition coefficient (Wildman–Crippen LogP) is 4.38. The van der Waals surface area contributed by atoms with Gasteiger partial charge in [0, 0.05) is 49.8 Å². The van der Waals surface area contributed by atoms with E-state index < -0.39 is 5.60 Å². The minimum atomic E-state index is -0.491. The van der Waals surface area contributed by atoms with E-state index in [1.165, 1.54) is 0 Å². The molecular formula is C24H29N5O3. The van der Waals surface area contributed by atoms with Gasteiger partial charge >= 0.3 is 12.1 Å². The lowest BCUT2D eigenvalue weighted by Gasteiger charge is -2.24. The van der Waals surface area contributed by atoms with E-state index in [9.17, 15) is 9.59 Å². The first-order chi connectivity index (χ1) is 15.3. The number of aromatic nitrogens is 2. The van der Waals surface area contributed by atoms with Gasteiger partial charge in [0.05, 0.1) is 0 Å². The number of hydrogen-bond acceptors (Lipinski definition) is 4. The number of carbonyl (C=O) groups is 2. The Hall–Kier alpha value is -3.55. The smallest absolute Gasteiger partial charge is 0.410 e. The number of likely N-dealkylation sites (tertiary alicyclic amines) is 1. The molecule has 1 fully saturated rings. The van der Waals surface area contributed by atoms with Crippen molar-refractivity contribution in [3.05, 3.63) is 66.1 Å². The summed E-state index contributed by atoms with van der Waals surface area (Å²) in [5, 5.41) is 5.73. The molecule has 1 atom stereocenters. The summed E-state index contributed by atoms with van der Waals surface area (Å²) < 4.78 is 7.39. The number of carbonyl (C=O) groups excluding carboxylic acids is 2. The fourth-order valence-corrected chi connectivity index (χ4v) is 3.78. The second-order valence-electron chi connectivity index (χ2n) is 9.07. The number of rotatable bonds is 4. The van der Waals surface area contributed by atoms with E-state index in [0.717, 1.165) is 28.9 Å². The summed E-state index contributed by atoms with van der Waals surface area (Å²) >= 11 is 0. The second-order valence-corrected chi connectivity index (χ2v) is 9.07. The van der Waals surface area contributed by atoms with Crippen molar-refractivity contribution in [3.8, 4) is 0 Å². The number of nitrogens with zero attached hydrogens (tertiary/aromatic N) is 3. The molecule has 0 aliphatic carbocycles. The molecule has 0 radical (unpaired) electrons. The lowest BCUT2D eigenvalue weighted by molar-refractivity contribution is 0.0292. The summed E-state index contributed by atoms with van der Waals surface area (Å²) in [6.07, 6.45) is 6.17. The van der Waals surface area contributed by atoms with Crippen LogP contribution in [0, 0.1) is 0 Å². The average Bonchev–Trinajstić information content (AvgIpc) is 3.41. The number of amides is 3. The molecular weight excluding hydrogens is 406 g/mol. The van der Waals surface area contributed by atoms with E-state index >= 15 is 0 Å². The molecule has 2 N–H and O–H groups in total. The van der Waals surface area contributed by atoms with Crippen LogP contribution in [-0.4, -0.2) is 45.1 Å². The highest BCUT2D eigenvalue weighted by Gasteiger charge is 2.30. The SMILES string of the molecule is CC(C)(C)OC(=O)N1CCC(c2ccc(NC(=O)NCc3ccn4ccnc4c3)cc2)C1. The third-order valence-corrected chi connectivity index (χ3v) is 5.40. The Bertz CT molecular complexity index is 1100. The summed E-state index contributed by atoms with van der Waals surface area (Å²) in [7, 11) is 0. The lowest BCUT2D eigenvalue weighted by atomic mass is 9.98. The molecule has 8 nitrogen and oxygen atoms in total. The quantitative estimate of drug-likeness (QED) is 0.637. The summed E-state index contributed by atoms with van der Waals surface area (Å²) in [6, 6.07) is 11.4. The molecule has 8 heteroatoms. The number of anilines is 1. The number of hydrogen-bond donors (Lipinski definition) is 2. The van der Waals surface area contributed by atoms with E-state index in [4.69, 9.17) is 4.74 Å². The number of pyridine rings is 1. The van der Waals surface area contributed by atoms with Crippen molar-refractivity contribution in [2.75, 3.05) is 18.4 Å². The zero-order valence-corrected chi connectivity index (χ0v) is 18.7. The molecule has 1 aliphatic heterocycles. The van der Waals surface area contributed by atoms with Gasteiger partial charge in [-0.25, -0.2) is 14.6 Å². The van der Waals surface area contributed by atoms with Crippen LogP contribution < -0.4 is 10.6 Å². The van der Waals surface area contributed by atoms with Crippen LogP contribution >= 0.6 is 0 Å². The topological polar surface area (TPSA) is 88.0 Å². The molecule has 0 spiro atoms. The van der Waals surface area contributed by atoms with Gasteiger partial charge in [-0.15, -0.1) is 0 Å². The Balaban J connectivity index is 1.27. The molecule has 0 saturated carbocycles. The average molecular weight is 436 g/mol. The monoisotopic (exact) mass is 435 g/mol. The molecule has 0 bridgehead atoms. The van der Waals surface area contributed by atoms with Gasteiger partial charge in [0.2, 0.25) is 0 Å². The number of ether oxygens (including phenoxy) is 1. The van der Waals surface area contributed by atoms with E-state index in [0.29, 0.717) is 19.6 Å². The van der Waals surface area contributed by atoms with Crippen LogP contribution in [0.4, 0.5) is 15.3 Å². The lowest BCUT2D eigenvalue weighted by Crippen LogP contribution is -2.35. The normalized spacial score (nSPS) is 16.2. The van der Waals surface area contributed by atoms with E-state index in [2.05, 4.69) is 15.6 Å². The number of urea groups is 1. The van der Waals surface area contributed by atoms with Crippen molar-refractivity contribution >= 4 is 23.5 Å².